The number of nitrogens with two attached hydrogens (primary N) is 1. The van der Waals surface area contributed by atoms with Crippen molar-refractivity contribution in [2.75, 3.05) is 13.2 Å². The van der Waals surface area contributed by atoms with Crippen LogP contribution in [0.4, 0.5) is 0 Å². The lowest BCUT2D eigenvalue weighted by Crippen LogP contribution is -2.46. The molecule has 0 radical (unpaired) electrons. The predicted octanol–water partition coefficient (Wildman–Crippen LogP) is 2.53. The molecular weight excluding hydrogens is 416 g/mol. The zero-order chi connectivity index (χ0) is 23.3. The van der Waals surface area contributed by atoms with Gasteiger partial charge in [-0.1, -0.05) is 66.7 Å². The van der Waals surface area contributed by atoms with Gasteiger partial charge in [-0.15, -0.1) is 0 Å². The fourth-order valence-corrected chi connectivity index (χ4v) is 3.32. The number of pyridine rings is 1. The van der Waals surface area contributed by atoms with Gasteiger partial charge in [-0.25, -0.2) is 0 Å². The second kappa shape index (κ2) is 13.1. The molecular formula is C26H30N4O3. The van der Waals surface area contributed by atoms with Crippen LogP contribution in [0.3, 0.4) is 0 Å². The van der Waals surface area contributed by atoms with Crippen molar-refractivity contribution in [3.8, 4) is 0 Å². The van der Waals surface area contributed by atoms with Crippen molar-refractivity contribution in [1.82, 2.24) is 15.6 Å². The van der Waals surface area contributed by atoms with Crippen molar-refractivity contribution in [3.63, 3.8) is 0 Å². The lowest BCUT2D eigenvalue weighted by atomic mass is 10.0. The van der Waals surface area contributed by atoms with E-state index in [2.05, 4.69) is 15.6 Å². The van der Waals surface area contributed by atoms with Crippen LogP contribution in [0.25, 0.3) is 0 Å². The molecule has 0 saturated carbocycles. The van der Waals surface area contributed by atoms with Gasteiger partial charge in [0, 0.05) is 24.9 Å². The Morgan fingerprint density at radius 2 is 1.64 bits per heavy atom. The van der Waals surface area contributed by atoms with Gasteiger partial charge in [-0.05, 0) is 29.7 Å². The van der Waals surface area contributed by atoms with E-state index in [1.165, 1.54) is 0 Å². The zero-order valence-electron chi connectivity index (χ0n) is 18.5. The van der Waals surface area contributed by atoms with Crippen molar-refractivity contribution >= 4 is 11.8 Å². The Hall–Kier alpha value is -3.55. The van der Waals surface area contributed by atoms with Gasteiger partial charge in [-0.2, -0.15) is 0 Å². The maximum Gasteiger partial charge on any atom is 0.239 e. The summed E-state index contributed by atoms with van der Waals surface area (Å²) in [5.41, 5.74) is 8.84. The van der Waals surface area contributed by atoms with Gasteiger partial charge in [0.1, 0.15) is 0 Å². The van der Waals surface area contributed by atoms with Crippen molar-refractivity contribution in [2.45, 2.75) is 31.5 Å². The summed E-state index contributed by atoms with van der Waals surface area (Å²) in [6, 6.07) is 24.2. The first-order valence-corrected chi connectivity index (χ1v) is 11.0. The normalized spacial score (nSPS) is 12.5. The first-order valence-electron chi connectivity index (χ1n) is 11.0. The molecule has 0 saturated heterocycles. The van der Waals surface area contributed by atoms with E-state index in [4.69, 9.17) is 10.5 Å². The highest BCUT2D eigenvalue weighted by Crippen LogP contribution is 2.17. The number of nitrogens with one attached hydrogen (secondary N) is 2. The van der Waals surface area contributed by atoms with Crippen LogP contribution in [0.15, 0.2) is 85.1 Å². The van der Waals surface area contributed by atoms with E-state index in [1.807, 2.05) is 78.9 Å². The van der Waals surface area contributed by atoms with Gasteiger partial charge in [0.15, 0.2) is 0 Å². The molecule has 172 valence electrons. The highest BCUT2D eigenvalue weighted by Gasteiger charge is 2.18. The van der Waals surface area contributed by atoms with E-state index >= 15 is 0 Å². The van der Waals surface area contributed by atoms with Gasteiger partial charge in [0.05, 0.1) is 25.2 Å². The molecule has 0 aliphatic carbocycles. The molecule has 33 heavy (non-hydrogen) atoms. The summed E-state index contributed by atoms with van der Waals surface area (Å²) in [4.78, 5) is 29.2. The molecule has 0 bridgehead atoms. The number of nitrogens with zero attached hydrogens (tertiary/aromatic N) is 1. The minimum absolute atomic E-state index is 0.150. The van der Waals surface area contributed by atoms with Gasteiger partial charge in [0.2, 0.25) is 11.8 Å². The highest BCUT2D eigenvalue weighted by molar-refractivity contribution is 5.87. The molecule has 0 aliphatic rings. The molecule has 3 rings (SSSR count). The first kappa shape index (κ1) is 24.1. The van der Waals surface area contributed by atoms with Crippen LogP contribution in [0.2, 0.25) is 0 Å². The molecule has 2 unspecified atom stereocenters. The summed E-state index contributed by atoms with van der Waals surface area (Å²) in [7, 11) is 0. The topological polar surface area (TPSA) is 106 Å². The fraction of sp³-hybridized carbons (Fsp3) is 0.269. The number of carbonyl (C=O) groups is 2. The lowest BCUT2D eigenvalue weighted by Gasteiger charge is -2.20. The Bertz CT molecular complexity index is 984. The smallest absolute Gasteiger partial charge is 0.239 e. The van der Waals surface area contributed by atoms with Crippen molar-refractivity contribution < 1.29 is 14.3 Å². The summed E-state index contributed by atoms with van der Waals surface area (Å²) in [5, 5.41) is 5.60. The highest BCUT2D eigenvalue weighted by atomic mass is 16.5. The molecule has 0 fully saturated rings. The minimum Gasteiger partial charge on any atom is -0.377 e. The van der Waals surface area contributed by atoms with Crippen molar-refractivity contribution in [3.05, 3.63) is 102 Å². The Balaban J connectivity index is 1.43. The van der Waals surface area contributed by atoms with Crippen molar-refractivity contribution in [1.29, 1.82) is 0 Å². The third-order valence-corrected chi connectivity index (χ3v) is 5.12. The molecule has 2 amide bonds. The predicted molar refractivity (Wildman–Crippen MR) is 127 cm³/mol. The Morgan fingerprint density at radius 1 is 0.939 bits per heavy atom. The fourth-order valence-electron chi connectivity index (χ4n) is 3.32. The van der Waals surface area contributed by atoms with E-state index in [0.717, 1.165) is 16.8 Å². The van der Waals surface area contributed by atoms with Gasteiger partial charge in [0.25, 0.3) is 0 Å². The Morgan fingerprint density at radius 3 is 2.33 bits per heavy atom. The molecule has 4 N–H and O–H groups in total. The Kier molecular flexibility index (Phi) is 9.57. The number of ether oxygens (including phenoxy) is 1. The largest absolute Gasteiger partial charge is 0.377 e. The number of benzene rings is 2. The van der Waals surface area contributed by atoms with E-state index in [0.29, 0.717) is 26.1 Å². The number of carbonyl (C=O) groups excluding carboxylic acids is 2. The van der Waals surface area contributed by atoms with Crippen LogP contribution in [0, 0.1) is 0 Å². The van der Waals surface area contributed by atoms with Crippen molar-refractivity contribution in [2.24, 2.45) is 5.73 Å². The quantitative estimate of drug-likeness (QED) is 0.371. The summed E-state index contributed by atoms with van der Waals surface area (Å²) >= 11 is 0. The van der Waals surface area contributed by atoms with E-state index in [1.54, 1.807) is 6.20 Å². The molecule has 1 aromatic heterocycles. The van der Waals surface area contributed by atoms with Gasteiger partial charge >= 0.3 is 0 Å². The second-order valence-corrected chi connectivity index (χ2v) is 7.71. The molecule has 0 spiro atoms. The monoisotopic (exact) mass is 446 g/mol. The summed E-state index contributed by atoms with van der Waals surface area (Å²) in [6.07, 6.45) is 2.64. The second-order valence-electron chi connectivity index (χ2n) is 7.71. The summed E-state index contributed by atoms with van der Waals surface area (Å²) in [6.45, 7) is 0.674. The van der Waals surface area contributed by atoms with Crippen LogP contribution in [-0.4, -0.2) is 36.0 Å². The molecule has 2 aromatic carbocycles. The zero-order valence-corrected chi connectivity index (χ0v) is 18.5. The summed E-state index contributed by atoms with van der Waals surface area (Å²) < 4.78 is 5.58. The van der Waals surface area contributed by atoms with E-state index in [9.17, 15) is 9.59 Å². The van der Waals surface area contributed by atoms with Crippen LogP contribution >= 0.6 is 0 Å². The van der Waals surface area contributed by atoms with E-state index < -0.39 is 6.04 Å². The average Bonchev–Trinajstić information content (AvgIpc) is 2.86. The van der Waals surface area contributed by atoms with Crippen LogP contribution in [0.5, 0.6) is 0 Å². The third kappa shape index (κ3) is 8.48. The number of rotatable bonds is 12. The SMILES string of the molecule is NC(CCOCc1ccccc1)C(=O)NCC(=O)NC(Cc1ccccn1)c1ccccc1. The minimum atomic E-state index is -0.744. The molecule has 7 heteroatoms. The lowest BCUT2D eigenvalue weighted by molar-refractivity contribution is -0.127. The number of aromatic nitrogens is 1. The average molecular weight is 447 g/mol. The molecule has 1 heterocycles. The van der Waals surface area contributed by atoms with Gasteiger partial charge in [-0.3, -0.25) is 14.6 Å². The third-order valence-electron chi connectivity index (χ3n) is 5.12. The standard InChI is InChI=1S/C26H30N4O3/c27-23(14-16-33-19-20-9-3-1-4-10-20)26(32)29-18-25(31)30-24(21-11-5-2-6-12-21)17-22-13-7-8-15-28-22/h1-13,15,23-24H,14,16-19,27H2,(H,29,32)(H,30,31). The van der Waals surface area contributed by atoms with Gasteiger partial charge < -0.3 is 21.1 Å². The first-order chi connectivity index (χ1) is 16.1. The van der Waals surface area contributed by atoms with Crippen LogP contribution < -0.4 is 16.4 Å². The number of hydrogen-bond acceptors (Lipinski definition) is 5. The molecule has 7 nitrogen and oxygen atoms in total. The number of amides is 2. The summed E-state index contributed by atoms with van der Waals surface area (Å²) in [5.74, 6) is -0.671. The molecule has 3 aromatic rings. The maximum absolute atomic E-state index is 12.5. The number of hydrogen-bond donors (Lipinski definition) is 3. The maximum atomic E-state index is 12.5. The van der Waals surface area contributed by atoms with E-state index in [-0.39, 0.29) is 24.4 Å². The van der Waals surface area contributed by atoms with Crippen LogP contribution in [-0.2, 0) is 27.4 Å². The molecule has 2 atom stereocenters. The Labute approximate surface area is 194 Å². The molecule has 0 aliphatic heterocycles. The van der Waals surface area contributed by atoms with Crippen LogP contribution in [0.1, 0.15) is 29.3 Å².